The SMILES string of the molecule is CCC(C)CC(Cc1cc(C)nn1CC)NC. The summed E-state index contributed by atoms with van der Waals surface area (Å²) in [4.78, 5) is 0. The molecule has 1 heterocycles. The molecule has 1 aromatic heterocycles. The van der Waals surface area contributed by atoms with E-state index in [4.69, 9.17) is 0 Å². The van der Waals surface area contributed by atoms with Gasteiger partial charge in [0.1, 0.15) is 0 Å². The van der Waals surface area contributed by atoms with Crippen LogP contribution in [0.5, 0.6) is 0 Å². The van der Waals surface area contributed by atoms with E-state index in [1.165, 1.54) is 18.5 Å². The number of aryl methyl sites for hydroxylation is 2. The fourth-order valence-electron chi connectivity index (χ4n) is 2.25. The molecule has 0 bridgehead atoms. The molecule has 0 saturated carbocycles. The highest BCUT2D eigenvalue weighted by molar-refractivity contribution is 5.10. The van der Waals surface area contributed by atoms with Gasteiger partial charge in [-0.05, 0) is 39.3 Å². The molecular weight excluding hydrogens is 210 g/mol. The zero-order chi connectivity index (χ0) is 12.8. The van der Waals surface area contributed by atoms with Crippen LogP contribution in [0.2, 0.25) is 0 Å². The average molecular weight is 237 g/mol. The number of nitrogens with one attached hydrogen (secondary N) is 1. The molecule has 0 amide bonds. The van der Waals surface area contributed by atoms with E-state index >= 15 is 0 Å². The summed E-state index contributed by atoms with van der Waals surface area (Å²) in [6.07, 6.45) is 3.57. The maximum Gasteiger partial charge on any atom is 0.0596 e. The summed E-state index contributed by atoms with van der Waals surface area (Å²) in [5.41, 5.74) is 2.48. The standard InChI is InChI=1S/C14H27N3/c1-6-11(3)8-13(15-5)10-14-9-12(4)16-17(14)7-2/h9,11,13,15H,6-8,10H2,1-5H3. The van der Waals surface area contributed by atoms with Crippen molar-refractivity contribution in [3.8, 4) is 0 Å². The molecule has 0 aliphatic rings. The molecule has 0 aliphatic carbocycles. The molecule has 17 heavy (non-hydrogen) atoms. The Labute approximate surface area is 106 Å². The van der Waals surface area contributed by atoms with Crippen molar-refractivity contribution in [3.63, 3.8) is 0 Å². The lowest BCUT2D eigenvalue weighted by Crippen LogP contribution is -2.30. The van der Waals surface area contributed by atoms with Gasteiger partial charge in [0.2, 0.25) is 0 Å². The topological polar surface area (TPSA) is 29.9 Å². The summed E-state index contributed by atoms with van der Waals surface area (Å²) >= 11 is 0. The summed E-state index contributed by atoms with van der Waals surface area (Å²) in [7, 11) is 2.06. The molecule has 1 aromatic rings. The van der Waals surface area contributed by atoms with Gasteiger partial charge in [-0.1, -0.05) is 20.3 Å². The zero-order valence-corrected chi connectivity index (χ0v) is 12.0. The maximum atomic E-state index is 4.50. The molecule has 2 atom stereocenters. The van der Waals surface area contributed by atoms with Crippen LogP contribution in [0.3, 0.4) is 0 Å². The number of aromatic nitrogens is 2. The van der Waals surface area contributed by atoms with E-state index in [1.54, 1.807) is 0 Å². The van der Waals surface area contributed by atoms with Gasteiger partial charge in [0.25, 0.3) is 0 Å². The molecule has 0 spiro atoms. The Kier molecular flexibility index (Phi) is 5.69. The lowest BCUT2D eigenvalue weighted by atomic mass is 9.96. The Hall–Kier alpha value is -0.830. The van der Waals surface area contributed by atoms with Gasteiger partial charge in [-0.2, -0.15) is 5.10 Å². The second-order valence-corrected chi connectivity index (χ2v) is 5.03. The first-order valence-corrected chi connectivity index (χ1v) is 6.81. The number of hydrogen-bond acceptors (Lipinski definition) is 2. The predicted octanol–water partition coefficient (Wildman–Crippen LogP) is 2.78. The van der Waals surface area contributed by atoms with Crippen LogP contribution in [0.1, 0.15) is 45.0 Å². The molecule has 0 aliphatic heterocycles. The second-order valence-electron chi connectivity index (χ2n) is 5.03. The maximum absolute atomic E-state index is 4.50. The normalized spacial score (nSPS) is 14.9. The van der Waals surface area contributed by atoms with Gasteiger partial charge in [-0.3, -0.25) is 4.68 Å². The molecule has 1 rings (SSSR count). The van der Waals surface area contributed by atoms with Gasteiger partial charge in [-0.25, -0.2) is 0 Å². The molecule has 0 fully saturated rings. The monoisotopic (exact) mass is 237 g/mol. The highest BCUT2D eigenvalue weighted by atomic mass is 15.3. The Balaban J connectivity index is 2.66. The first-order chi connectivity index (χ1) is 8.10. The fourth-order valence-corrected chi connectivity index (χ4v) is 2.25. The Bertz CT molecular complexity index is 330. The van der Waals surface area contributed by atoms with Gasteiger partial charge in [0.05, 0.1) is 5.69 Å². The van der Waals surface area contributed by atoms with Gasteiger partial charge < -0.3 is 5.32 Å². The van der Waals surface area contributed by atoms with Crippen LogP contribution in [-0.2, 0) is 13.0 Å². The second kappa shape index (κ2) is 6.80. The third-order valence-corrected chi connectivity index (χ3v) is 3.53. The molecular formula is C14H27N3. The summed E-state index contributed by atoms with van der Waals surface area (Å²) in [6, 6.07) is 2.77. The number of rotatable bonds is 7. The third kappa shape index (κ3) is 4.15. The molecule has 1 N–H and O–H groups in total. The van der Waals surface area contributed by atoms with Crippen molar-refractivity contribution in [2.24, 2.45) is 5.92 Å². The number of likely N-dealkylation sites (N-methyl/N-ethyl adjacent to an activating group) is 1. The van der Waals surface area contributed by atoms with Crippen LogP contribution < -0.4 is 5.32 Å². The van der Waals surface area contributed by atoms with E-state index in [2.05, 4.69) is 55.9 Å². The summed E-state index contributed by atoms with van der Waals surface area (Å²) in [5, 5.41) is 7.94. The quantitative estimate of drug-likeness (QED) is 0.790. The van der Waals surface area contributed by atoms with E-state index in [0.29, 0.717) is 6.04 Å². The molecule has 0 aromatic carbocycles. The highest BCUT2D eigenvalue weighted by Crippen LogP contribution is 2.14. The van der Waals surface area contributed by atoms with Gasteiger partial charge >= 0.3 is 0 Å². The number of nitrogens with zero attached hydrogens (tertiary/aromatic N) is 2. The fraction of sp³-hybridized carbons (Fsp3) is 0.786. The van der Waals surface area contributed by atoms with Crippen molar-refractivity contribution in [1.82, 2.24) is 15.1 Å². The molecule has 3 nitrogen and oxygen atoms in total. The van der Waals surface area contributed by atoms with E-state index in [9.17, 15) is 0 Å². The largest absolute Gasteiger partial charge is 0.317 e. The Morgan fingerprint density at radius 1 is 1.41 bits per heavy atom. The van der Waals surface area contributed by atoms with E-state index in [0.717, 1.165) is 24.6 Å². The summed E-state index contributed by atoms with van der Waals surface area (Å²) in [6.45, 7) is 9.77. The predicted molar refractivity (Wildman–Crippen MR) is 73.3 cm³/mol. The van der Waals surface area contributed by atoms with Crippen molar-refractivity contribution in [2.45, 2.75) is 59.5 Å². The van der Waals surface area contributed by atoms with Crippen LogP contribution in [0.15, 0.2) is 6.07 Å². The van der Waals surface area contributed by atoms with Gasteiger partial charge in [0, 0.05) is 24.7 Å². The van der Waals surface area contributed by atoms with Crippen molar-refractivity contribution >= 4 is 0 Å². The Morgan fingerprint density at radius 3 is 2.65 bits per heavy atom. The molecule has 3 heteroatoms. The minimum Gasteiger partial charge on any atom is -0.317 e. The van der Waals surface area contributed by atoms with Crippen LogP contribution in [0.4, 0.5) is 0 Å². The number of hydrogen-bond donors (Lipinski definition) is 1. The van der Waals surface area contributed by atoms with Crippen molar-refractivity contribution in [3.05, 3.63) is 17.5 Å². The van der Waals surface area contributed by atoms with Gasteiger partial charge in [-0.15, -0.1) is 0 Å². The van der Waals surface area contributed by atoms with E-state index in [-0.39, 0.29) is 0 Å². The van der Waals surface area contributed by atoms with Crippen LogP contribution in [0.25, 0.3) is 0 Å². The third-order valence-electron chi connectivity index (χ3n) is 3.53. The summed E-state index contributed by atoms with van der Waals surface area (Å²) < 4.78 is 2.12. The van der Waals surface area contributed by atoms with Crippen molar-refractivity contribution in [1.29, 1.82) is 0 Å². The highest BCUT2D eigenvalue weighted by Gasteiger charge is 2.14. The summed E-state index contributed by atoms with van der Waals surface area (Å²) in [5.74, 6) is 0.784. The van der Waals surface area contributed by atoms with Crippen molar-refractivity contribution in [2.75, 3.05) is 7.05 Å². The minimum atomic E-state index is 0.561. The van der Waals surface area contributed by atoms with E-state index < -0.39 is 0 Å². The average Bonchev–Trinajstić information content (AvgIpc) is 2.68. The van der Waals surface area contributed by atoms with Crippen LogP contribution in [-0.4, -0.2) is 22.9 Å². The first kappa shape index (κ1) is 14.2. The molecule has 0 radical (unpaired) electrons. The zero-order valence-electron chi connectivity index (χ0n) is 12.0. The minimum absolute atomic E-state index is 0.561. The lowest BCUT2D eigenvalue weighted by molar-refractivity contribution is 0.402. The molecule has 2 unspecified atom stereocenters. The Morgan fingerprint density at radius 2 is 2.12 bits per heavy atom. The van der Waals surface area contributed by atoms with E-state index in [1.807, 2.05) is 0 Å². The lowest BCUT2D eigenvalue weighted by Gasteiger charge is -2.20. The van der Waals surface area contributed by atoms with Crippen molar-refractivity contribution < 1.29 is 0 Å². The van der Waals surface area contributed by atoms with Gasteiger partial charge in [0.15, 0.2) is 0 Å². The first-order valence-electron chi connectivity index (χ1n) is 6.81. The van der Waals surface area contributed by atoms with Crippen LogP contribution in [0, 0.1) is 12.8 Å². The molecule has 98 valence electrons. The molecule has 0 saturated heterocycles. The smallest absolute Gasteiger partial charge is 0.0596 e. The van der Waals surface area contributed by atoms with Crippen LogP contribution >= 0.6 is 0 Å².